The molecule has 2 heteroatoms. The minimum Gasteiger partial charge on any atom is -0.377 e. The van der Waals surface area contributed by atoms with Crippen molar-refractivity contribution in [3.8, 4) is 0 Å². The molecule has 0 aromatic heterocycles. The van der Waals surface area contributed by atoms with Gasteiger partial charge >= 0.3 is 0 Å². The summed E-state index contributed by atoms with van der Waals surface area (Å²) in [7, 11) is 0. The van der Waals surface area contributed by atoms with Gasteiger partial charge in [-0.25, -0.2) is 0 Å². The largest absolute Gasteiger partial charge is 0.377 e. The standard InChI is InChI=1S/C19H35NO/c1-2-3-4-5-6-7-12-19(15-20-17-10-11-17)13-14-21-18(19)16-8-9-16/h16-18,20H,2-15H2,1H3. The summed E-state index contributed by atoms with van der Waals surface area (Å²) in [5, 5.41) is 3.83. The van der Waals surface area contributed by atoms with Crippen molar-refractivity contribution < 1.29 is 4.74 Å². The van der Waals surface area contributed by atoms with Crippen LogP contribution in [0.5, 0.6) is 0 Å². The number of nitrogens with one attached hydrogen (secondary N) is 1. The highest BCUT2D eigenvalue weighted by atomic mass is 16.5. The van der Waals surface area contributed by atoms with Gasteiger partial charge < -0.3 is 10.1 Å². The van der Waals surface area contributed by atoms with Gasteiger partial charge in [-0.15, -0.1) is 0 Å². The average molecular weight is 293 g/mol. The van der Waals surface area contributed by atoms with E-state index in [4.69, 9.17) is 4.74 Å². The van der Waals surface area contributed by atoms with Crippen molar-refractivity contribution in [2.24, 2.45) is 11.3 Å². The van der Waals surface area contributed by atoms with E-state index in [1.54, 1.807) is 0 Å². The van der Waals surface area contributed by atoms with Gasteiger partial charge in [0.25, 0.3) is 0 Å². The van der Waals surface area contributed by atoms with Crippen LogP contribution in [0.15, 0.2) is 0 Å². The topological polar surface area (TPSA) is 21.3 Å². The zero-order valence-electron chi connectivity index (χ0n) is 14.0. The van der Waals surface area contributed by atoms with Gasteiger partial charge in [-0.2, -0.15) is 0 Å². The molecule has 0 bridgehead atoms. The quantitative estimate of drug-likeness (QED) is 0.559. The molecular weight excluding hydrogens is 258 g/mol. The highest BCUT2D eigenvalue weighted by Gasteiger charge is 2.50. The van der Waals surface area contributed by atoms with Crippen LogP contribution in [0.2, 0.25) is 0 Å². The number of unbranched alkanes of at least 4 members (excludes halogenated alkanes) is 5. The van der Waals surface area contributed by atoms with Crippen LogP contribution < -0.4 is 5.32 Å². The molecule has 1 heterocycles. The van der Waals surface area contributed by atoms with E-state index < -0.39 is 0 Å². The molecule has 1 N–H and O–H groups in total. The zero-order chi connectivity index (χ0) is 14.5. The van der Waals surface area contributed by atoms with Gasteiger partial charge in [0.05, 0.1) is 6.10 Å². The Balaban J connectivity index is 1.46. The fourth-order valence-corrected chi connectivity index (χ4v) is 4.18. The van der Waals surface area contributed by atoms with E-state index in [9.17, 15) is 0 Å². The lowest BCUT2D eigenvalue weighted by Crippen LogP contribution is -2.42. The third-order valence-corrected chi connectivity index (χ3v) is 5.90. The first-order valence-corrected chi connectivity index (χ1v) is 9.69. The Kier molecular flexibility index (Phi) is 5.61. The molecule has 21 heavy (non-hydrogen) atoms. The van der Waals surface area contributed by atoms with Gasteiger partial charge in [0.1, 0.15) is 0 Å². The van der Waals surface area contributed by atoms with Gasteiger partial charge in [-0.3, -0.25) is 0 Å². The zero-order valence-corrected chi connectivity index (χ0v) is 14.0. The van der Waals surface area contributed by atoms with E-state index >= 15 is 0 Å². The van der Waals surface area contributed by atoms with E-state index in [0.717, 1.165) is 18.6 Å². The van der Waals surface area contributed by atoms with Crippen LogP contribution >= 0.6 is 0 Å². The smallest absolute Gasteiger partial charge is 0.0672 e. The highest BCUT2D eigenvalue weighted by Crippen LogP contribution is 2.50. The first-order chi connectivity index (χ1) is 10.3. The molecule has 0 amide bonds. The fourth-order valence-electron chi connectivity index (χ4n) is 4.18. The summed E-state index contributed by atoms with van der Waals surface area (Å²) in [4.78, 5) is 0. The molecular formula is C19H35NO. The molecule has 0 radical (unpaired) electrons. The monoisotopic (exact) mass is 293 g/mol. The van der Waals surface area contributed by atoms with Crippen LogP contribution in [0.3, 0.4) is 0 Å². The van der Waals surface area contributed by atoms with Crippen molar-refractivity contribution in [1.82, 2.24) is 5.32 Å². The fraction of sp³-hybridized carbons (Fsp3) is 1.00. The second-order valence-corrected chi connectivity index (χ2v) is 7.91. The van der Waals surface area contributed by atoms with Crippen molar-refractivity contribution in [1.29, 1.82) is 0 Å². The lowest BCUT2D eigenvalue weighted by atomic mass is 9.74. The number of hydrogen-bond donors (Lipinski definition) is 1. The summed E-state index contributed by atoms with van der Waals surface area (Å²) in [6, 6.07) is 0.840. The summed E-state index contributed by atoms with van der Waals surface area (Å²) in [5.74, 6) is 0.897. The van der Waals surface area contributed by atoms with Gasteiger partial charge in [-0.1, -0.05) is 45.4 Å². The van der Waals surface area contributed by atoms with Crippen LogP contribution in [0.4, 0.5) is 0 Å². The summed E-state index contributed by atoms with van der Waals surface area (Å²) in [5.41, 5.74) is 0.481. The van der Waals surface area contributed by atoms with Crippen LogP contribution in [0.1, 0.15) is 84.0 Å². The van der Waals surface area contributed by atoms with Crippen molar-refractivity contribution in [3.05, 3.63) is 0 Å². The van der Waals surface area contributed by atoms with Crippen molar-refractivity contribution in [2.45, 2.75) is 96.1 Å². The van der Waals surface area contributed by atoms with Crippen LogP contribution in [0.25, 0.3) is 0 Å². The maximum absolute atomic E-state index is 6.20. The van der Waals surface area contributed by atoms with Gasteiger partial charge in [-0.05, 0) is 44.4 Å². The van der Waals surface area contributed by atoms with E-state index in [1.165, 1.54) is 83.6 Å². The predicted octanol–water partition coefficient (Wildman–Crippen LogP) is 4.67. The SMILES string of the molecule is CCCCCCCCC1(CNC2CC2)CCOC1C1CC1. The Morgan fingerprint density at radius 1 is 1.00 bits per heavy atom. The molecule has 0 aromatic rings. The molecule has 2 unspecified atom stereocenters. The van der Waals surface area contributed by atoms with Crippen LogP contribution in [-0.2, 0) is 4.74 Å². The molecule has 0 spiro atoms. The molecule has 2 atom stereocenters. The summed E-state index contributed by atoms with van der Waals surface area (Å²) >= 11 is 0. The highest BCUT2D eigenvalue weighted by molar-refractivity contribution is 5.01. The van der Waals surface area contributed by atoms with E-state index in [-0.39, 0.29) is 0 Å². The average Bonchev–Trinajstić information content (AvgIpc) is 3.41. The first-order valence-electron chi connectivity index (χ1n) is 9.69. The number of hydrogen-bond acceptors (Lipinski definition) is 2. The molecule has 3 fully saturated rings. The normalized spacial score (nSPS) is 32.7. The lowest BCUT2D eigenvalue weighted by Gasteiger charge is -2.35. The third-order valence-electron chi connectivity index (χ3n) is 5.90. The van der Waals surface area contributed by atoms with Crippen molar-refractivity contribution >= 4 is 0 Å². The Labute approximate surface area is 131 Å². The second kappa shape index (κ2) is 7.46. The van der Waals surface area contributed by atoms with Crippen molar-refractivity contribution in [2.75, 3.05) is 13.2 Å². The minimum atomic E-state index is 0.481. The number of ether oxygens (including phenoxy) is 1. The Morgan fingerprint density at radius 2 is 1.76 bits per heavy atom. The van der Waals surface area contributed by atoms with E-state index in [2.05, 4.69) is 12.2 Å². The second-order valence-electron chi connectivity index (χ2n) is 7.91. The van der Waals surface area contributed by atoms with Crippen LogP contribution in [0, 0.1) is 11.3 Å². The molecule has 3 rings (SSSR count). The maximum atomic E-state index is 6.20. The van der Waals surface area contributed by atoms with Gasteiger partial charge in [0.15, 0.2) is 0 Å². The third kappa shape index (κ3) is 4.45. The first kappa shape index (κ1) is 15.8. The number of rotatable bonds is 11. The molecule has 2 aliphatic carbocycles. The molecule has 3 aliphatic rings. The maximum Gasteiger partial charge on any atom is 0.0672 e. The Bertz CT molecular complexity index is 311. The molecule has 1 saturated heterocycles. The molecule has 1 aliphatic heterocycles. The van der Waals surface area contributed by atoms with E-state index in [1.807, 2.05) is 0 Å². The molecule has 2 nitrogen and oxygen atoms in total. The van der Waals surface area contributed by atoms with Crippen molar-refractivity contribution in [3.63, 3.8) is 0 Å². The molecule has 122 valence electrons. The van der Waals surface area contributed by atoms with Gasteiger partial charge in [0, 0.05) is 24.6 Å². The van der Waals surface area contributed by atoms with E-state index in [0.29, 0.717) is 11.5 Å². The lowest BCUT2D eigenvalue weighted by molar-refractivity contribution is 0.0251. The Morgan fingerprint density at radius 3 is 2.48 bits per heavy atom. The minimum absolute atomic E-state index is 0.481. The Hall–Kier alpha value is -0.0800. The predicted molar refractivity (Wildman–Crippen MR) is 88.5 cm³/mol. The molecule has 0 aromatic carbocycles. The van der Waals surface area contributed by atoms with Gasteiger partial charge in [0.2, 0.25) is 0 Å². The summed E-state index contributed by atoms with van der Waals surface area (Å²) < 4.78 is 6.20. The molecule has 2 saturated carbocycles. The summed E-state index contributed by atoms with van der Waals surface area (Å²) in [6.07, 6.45) is 17.5. The van der Waals surface area contributed by atoms with Crippen LogP contribution in [-0.4, -0.2) is 25.3 Å². The summed E-state index contributed by atoms with van der Waals surface area (Å²) in [6.45, 7) is 4.55.